The number of para-hydroxylation sites is 2. The zero-order valence-electron chi connectivity index (χ0n) is 31.0. The Labute approximate surface area is 304 Å². The zero-order chi connectivity index (χ0) is 35.3. The van der Waals surface area contributed by atoms with Gasteiger partial charge in [0.05, 0.1) is 22.9 Å². The number of hydrogen-bond acceptors (Lipinski definition) is 6. The topological polar surface area (TPSA) is 62.9 Å². The molecular formula is C43H59N2O4S+. The van der Waals surface area contributed by atoms with Crippen LogP contribution in [0, 0.1) is 0 Å². The molecule has 0 spiro atoms. The molecule has 0 fully saturated rings. The van der Waals surface area contributed by atoms with Crippen LogP contribution >= 0.6 is 11.3 Å². The third kappa shape index (κ3) is 9.80. The predicted octanol–water partition coefficient (Wildman–Crippen LogP) is 11.8. The van der Waals surface area contributed by atoms with Gasteiger partial charge in [-0.25, -0.2) is 0 Å². The first-order valence-corrected chi connectivity index (χ1v) is 20.3. The number of carbonyl (C=O) groups is 1. The molecule has 1 aromatic heterocycles. The molecule has 50 heavy (non-hydrogen) atoms. The fraction of sp³-hybridized carbons (Fsp3) is 0.535. The van der Waals surface area contributed by atoms with Gasteiger partial charge in [0, 0.05) is 37.3 Å². The second-order valence-electron chi connectivity index (χ2n) is 14.2. The summed E-state index contributed by atoms with van der Waals surface area (Å²) in [6.07, 6.45) is 23.7. The molecule has 3 aromatic rings. The number of rotatable bonds is 22. The summed E-state index contributed by atoms with van der Waals surface area (Å²) in [4.78, 5) is 15.8. The Bertz CT molecular complexity index is 1670. The van der Waals surface area contributed by atoms with Gasteiger partial charge in [0.25, 0.3) is 5.01 Å². The van der Waals surface area contributed by atoms with Crippen molar-refractivity contribution >= 4 is 39.1 Å². The number of hydrogen-bond donors (Lipinski definition) is 1. The summed E-state index contributed by atoms with van der Waals surface area (Å²) in [7, 11) is 0. The fourth-order valence-electron chi connectivity index (χ4n) is 6.93. The Hall–Kier alpha value is -3.58. The van der Waals surface area contributed by atoms with Crippen LogP contribution < -0.4 is 18.9 Å². The molecule has 0 saturated heterocycles. The summed E-state index contributed by atoms with van der Waals surface area (Å²) >= 11 is 1.64. The lowest BCUT2D eigenvalue weighted by Gasteiger charge is -2.22. The number of carbonyl (C=O) groups excluding carboxylic acids is 1. The van der Waals surface area contributed by atoms with E-state index in [1.165, 1.54) is 83.5 Å². The summed E-state index contributed by atoms with van der Waals surface area (Å²) in [5.74, 6) is 2.12. The maximum Gasteiger partial charge on any atom is 0.263 e. The molecule has 0 atom stereocenters. The van der Waals surface area contributed by atoms with Crippen molar-refractivity contribution in [3.05, 3.63) is 76.3 Å². The van der Waals surface area contributed by atoms with Crippen molar-refractivity contribution in [2.24, 2.45) is 0 Å². The van der Waals surface area contributed by atoms with E-state index in [0.29, 0.717) is 17.0 Å². The molecule has 270 valence electrons. The summed E-state index contributed by atoms with van der Waals surface area (Å²) in [5.41, 5.74) is 2.81. The van der Waals surface area contributed by atoms with Crippen molar-refractivity contribution in [1.82, 2.24) is 0 Å². The molecule has 7 heteroatoms. The second-order valence-corrected chi connectivity index (χ2v) is 15.3. The average Bonchev–Trinajstić information content (AvgIpc) is 3.64. The van der Waals surface area contributed by atoms with Crippen LogP contribution in [0.2, 0.25) is 0 Å². The van der Waals surface area contributed by atoms with Crippen LogP contribution in [0.5, 0.6) is 11.5 Å². The van der Waals surface area contributed by atoms with Crippen molar-refractivity contribution in [3.8, 4) is 11.5 Å². The van der Waals surface area contributed by atoms with Crippen molar-refractivity contribution in [2.75, 3.05) is 11.4 Å². The van der Waals surface area contributed by atoms with E-state index in [-0.39, 0.29) is 17.6 Å². The summed E-state index contributed by atoms with van der Waals surface area (Å²) in [5, 5.41) is 12.3. The van der Waals surface area contributed by atoms with Crippen molar-refractivity contribution in [1.29, 1.82) is 0 Å². The van der Waals surface area contributed by atoms with Crippen molar-refractivity contribution < 1.29 is 23.9 Å². The molecule has 0 amide bonds. The van der Waals surface area contributed by atoms with E-state index in [2.05, 4.69) is 41.5 Å². The molecule has 5 rings (SSSR count). The quantitative estimate of drug-likeness (QED) is 0.0642. The standard InChI is InChI=1S/C43H58N2O4S/c1-5-7-9-11-13-15-17-21-27-44-36-23-19-20-24-38(36)49-40(44)30-34-42(46)35(43(34)47)31-41-45(28-22-18-16-14-12-10-8-6-2)37-26-25-33(48-32(3)4)29-39(37)50-41/h19-20,23-26,29-32H,5-18,21-22,27-28H2,1-4H3/p+1. The van der Waals surface area contributed by atoms with E-state index in [1.807, 2.05) is 44.2 Å². The predicted molar refractivity (Wildman–Crippen MR) is 208 cm³/mol. The third-order valence-electron chi connectivity index (χ3n) is 9.72. The molecule has 0 unspecified atom stereocenters. The summed E-state index contributed by atoms with van der Waals surface area (Å²) in [6.45, 7) is 10.3. The Kier molecular flexibility index (Phi) is 14.4. The molecule has 2 heterocycles. The zero-order valence-corrected chi connectivity index (χ0v) is 31.8. The molecular weight excluding hydrogens is 641 g/mol. The number of fused-ring (bicyclic) bond motifs is 2. The largest absolute Gasteiger partial charge is 0.506 e. The highest BCUT2D eigenvalue weighted by atomic mass is 32.1. The number of unbranched alkanes of at least 4 members (excludes halogenated alkanes) is 14. The van der Waals surface area contributed by atoms with Gasteiger partial charge in [0.15, 0.2) is 12.3 Å². The molecule has 2 aromatic carbocycles. The molecule has 1 aliphatic heterocycles. The Morgan fingerprint density at radius 2 is 1.48 bits per heavy atom. The van der Waals surface area contributed by atoms with Crippen LogP contribution in [0.3, 0.4) is 0 Å². The van der Waals surface area contributed by atoms with Crippen LogP contribution in [-0.2, 0) is 11.3 Å². The van der Waals surface area contributed by atoms with Gasteiger partial charge in [-0.3, -0.25) is 4.79 Å². The number of aliphatic hydroxyl groups is 1. The number of nitrogens with zero attached hydrogens (tertiary/aromatic N) is 2. The minimum absolute atomic E-state index is 0.0361. The second kappa shape index (κ2) is 19.1. The van der Waals surface area contributed by atoms with Gasteiger partial charge in [-0.15, -0.1) is 0 Å². The van der Waals surface area contributed by atoms with Crippen molar-refractivity contribution in [2.45, 2.75) is 143 Å². The third-order valence-corrected chi connectivity index (χ3v) is 10.8. The first-order chi connectivity index (χ1) is 24.4. The molecule has 0 radical (unpaired) electrons. The van der Waals surface area contributed by atoms with Gasteiger partial charge >= 0.3 is 0 Å². The first kappa shape index (κ1) is 37.7. The highest BCUT2D eigenvalue weighted by Crippen LogP contribution is 2.41. The first-order valence-electron chi connectivity index (χ1n) is 19.5. The van der Waals surface area contributed by atoms with Gasteiger partial charge in [0.1, 0.15) is 16.2 Å². The van der Waals surface area contributed by atoms with Crippen LogP contribution in [0.4, 0.5) is 5.69 Å². The van der Waals surface area contributed by atoms with E-state index in [0.717, 1.165) is 64.8 Å². The maximum atomic E-state index is 13.6. The molecule has 1 N–H and O–H groups in total. The van der Waals surface area contributed by atoms with E-state index in [9.17, 15) is 9.90 Å². The number of aliphatic hydroxyl groups excluding tert-OH is 1. The van der Waals surface area contributed by atoms with E-state index < -0.39 is 0 Å². The normalized spacial score (nSPS) is 15.9. The van der Waals surface area contributed by atoms with Gasteiger partial charge in [0.2, 0.25) is 17.2 Å². The van der Waals surface area contributed by atoms with Gasteiger partial charge in [-0.2, -0.15) is 4.57 Å². The lowest BCUT2D eigenvalue weighted by molar-refractivity contribution is -0.669. The lowest BCUT2D eigenvalue weighted by Crippen LogP contribution is -2.35. The van der Waals surface area contributed by atoms with Crippen molar-refractivity contribution in [3.63, 3.8) is 0 Å². The number of benzene rings is 2. The highest BCUT2D eigenvalue weighted by Gasteiger charge is 2.36. The highest BCUT2D eigenvalue weighted by molar-refractivity contribution is 7.18. The monoisotopic (exact) mass is 699 g/mol. The van der Waals surface area contributed by atoms with Gasteiger partial charge < -0.3 is 19.5 Å². The van der Waals surface area contributed by atoms with Gasteiger partial charge in [-0.05, 0) is 44.9 Å². The average molecular weight is 700 g/mol. The smallest absolute Gasteiger partial charge is 0.263 e. The molecule has 2 aliphatic rings. The SMILES string of the molecule is CCCCCCCCCCN1/C(=C\C2=C(O)C(=Cc3sc4cc(OC(C)C)ccc4[n+]3CCCCCCCCCC)C2=O)Oc2ccccc21. The number of aromatic nitrogens is 1. The minimum atomic E-state index is -0.151. The number of ether oxygens (including phenoxy) is 2. The molecule has 1 aliphatic carbocycles. The van der Waals surface area contributed by atoms with Crippen LogP contribution in [-0.4, -0.2) is 23.5 Å². The molecule has 0 bridgehead atoms. The summed E-state index contributed by atoms with van der Waals surface area (Å²) < 4.78 is 15.7. The lowest BCUT2D eigenvalue weighted by atomic mass is 9.87. The van der Waals surface area contributed by atoms with Crippen LogP contribution in [0.25, 0.3) is 16.3 Å². The number of anilines is 1. The van der Waals surface area contributed by atoms with Crippen LogP contribution in [0.15, 0.2) is 71.3 Å². The minimum Gasteiger partial charge on any atom is -0.506 e. The van der Waals surface area contributed by atoms with Crippen LogP contribution in [0.1, 0.15) is 135 Å². The molecule has 0 saturated carbocycles. The number of aryl methyl sites for hydroxylation is 1. The Morgan fingerprint density at radius 3 is 2.14 bits per heavy atom. The van der Waals surface area contributed by atoms with E-state index in [4.69, 9.17) is 9.47 Å². The number of ketones is 1. The Morgan fingerprint density at radius 1 is 0.840 bits per heavy atom. The molecule has 6 nitrogen and oxygen atoms in total. The Balaban J connectivity index is 1.32. The van der Waals surface area contributed by atoms with E-state index in [1.54, 1.807) is 17.4 Å². The fourth-order valence-corrected chi connectivity index (χ4v) is 8.09. The van der Waals surface area contributed by atoms with Gasteiger partial charge in [-0.1, -0.05) is 121 Å². The maximum absolute atomic E-state index is 13.6. The number of allylic oxidation sites excluding steroid dienone is 3. The summed E-state index contributed by atoms with van der Waals surface area (Å²) in [6, 6.07) is 14.3. The number of thiazole rings is 1. The van der Waals surface area contributed by atoms with E-state index >= 15 is 0 Å². The number of Topliss-reactive ketones (excluding diaryl/α,β-unsaturated/α-hetero) is 1.